The fraction of sp³-hybridized carbons (Fsp3) is 0.447. The summed E-state index contributed by atoms with van der Waals surface area (Å²) in [5.74, 6) is -8.82. The maximum Gasteiger partial charge on any atom is 0.312 e. The molecular formula is C47H57BrN2O13S. The number of carbonyl (C=O) groups excluding carboxylic acids is 4. The summed E-state index contributed by atoms with van der Waals surface area (Å²) in [6, 6.07) is 7.01. The molecule has 3 aromatic rings. The molecule has 5 bridgehead atoms. The first-order valence-electron chi connectivity index (χ1n) is 20.8. The monoisotopic (exact) mass is 968 g/mol. The van der Waals surface area contributed by atoms with Crippen LogP contribution in [0.2, 0.25) is 0 Å². The molecule has 0 aromatic heterocycles. The average molecular weight is 970 g/mol. The van der Waals surface area contributed by atoms with Gasteiger partial charge in [-0.15, -0.1) is 11.8 Å². The van der Waals surface area contributed by atoms with Crippen LogP contribution in [0, 0.1) is 30.6 Å². The van der Waals surface area contributed by atoms with Gasteiger partial charge in [0, 0.05) is 84.3 Å². The highest BCUT2D eigenvalue weighted by Gasteiger charge is 2.50. The fourth-order valence-electron chi connectivity index (χ4n) is 8.00. The van der Waals surface area contributed by atoms with Gasteiger partial charge in [-0.2, -0.15) is 0 Å². The number of allylic oxidation sites excluding steroid dienone is 2. The van der Waals surface area contributed by atoms with Crippen LogP contribution in [0.25, 0.3) is 10.8 Å². The van der Waals surface area contributed by atoms with Crippen molar-refractivity contribution in [1.82, 2.24) is 5.32 Å². The number of aromatic hydroxyl groups is 3. The fourth-order valence-corrected chi connectivity index (χ4v) is 9.31. The van der Waals surface area contributed by atoms with E-state index in [9.17, 15) is 44.7 Å². The average Bonchev–Trinajstić information content (AvgIpc) is 3.53. The van der Waals surface area contributed by atoms with Crippen molar-refractivity contribution in [3.8, 4) is 23.0 Å². The Labute approximate surface area is 385 Å². The summed E-state index contributed by atoms with van der Waals surface area (Å²) < 4.78 is 23.6. The Morgan fingerprint density at radius 3 is 2.23 bits per heavy atom. The van der Waals surface area contributed by atoms with E-state index >= 15 is 0 Å². The van der Waals surface area contributed by atoms with Crippen LogP contribution >= 0.6 is 27.7 Å². The molecule has 17 heteroatoms. The lowest BCUT2D eigenvalue weighted by Gasteiger charge is -2.38. The number of aliphatic hydroxyl groups excluding tert-OH is 2. The summed E-state index contributed by atoms with van der Waals surface area (Å²) in [5, 5.41) is 64.2. The molecule has 3 heterocycles. The van der Waals surface area contributed by atoms with Gasteiger partial charge in [0.05, 0.1) is 40.4 Å². The number of ether oxygens (including phenoxy) is 4. The van der Waals surface area contributed by atoms with Gasteiger partial charge < -0.3 is 55.1 Å². The number of methoxy groups -OCH3 is 1. The number of hydrogen-bond acceptors (Lipinski definition) is 14. The lowest BCUT2D eigenvalue weighted by Crippen LogP contribution is -2.46. The number of thioether (sulfide) groups is 1. The second kappa shape index (κ2) is 20.8. The molecule has 3 aliphatic rings. The smallest absolute Gasteiger partial charge is 0.312 e. The minimum Gasteiger partial charge on any atom is -0.507 e. The number of carbonyl (C=O) groups is 4. The predicted molar refractivity (Wildman–Crippen MR) is 246 cm³/mol. The highest BCUT2D eigenvalue weighted by atomic mass is 79.9. The van der Waals surface area contributed by atoms with Crippen LogP contribution in [-0.4, -0.2) is 98.7 Å². The SMILES string of the molecule is CO[C@H]1C=CO[C@@]2(C)Oc3c(C)c(O)c4c(O)c(c(SCCNC(=O)c5ccc(CBr)cc5)c(O)c4c3C2=O)NC(=O)/C(C)=C\C=C/[C@H](C)[C@H](O)[C@@H](C)[C@@H](O)[C@@H](C)[C@H](OC(C)=O)[C@@H]1C. The van der Waals surface area contributed by atoms with Crippen molar-refractivity contribution in [2.45, 2.75) is 95.8 Å². The van der Waals surface area contributed by atoms with Crippen molar-refractivity contribution in [3.63, 3.8) is 0 Å². The molecule has 0 unspecified atom stereocenters. The molecule has 0 spiro atoms. The number of alkyl halides is 1. The maximum atomic E-state index is 14.5. The Bertz CT molecular complexity index is 2370. The minimum absolute atomic E-state index is 0.0313. The van der Waals surface area contributed by atoms with Gasteiger partial charge in [0.2, 0.25) is 0 Å². The van der Waals surface area contributed by atoms with Crippen LogP contribution in [0.3, 0.4) is 0 Å². The van der Waals surface area contributed by atoms with Gasteiger partial charge in [0.1, 0.15) is 29.0 Å². The Balaban J connectivity index is 1.63. The first kappa shape index (κ1) is 49.9. The predicted octanol–water partition coefficient (Wildman–Crippen LogP) is 7.17. The Hall–Kier alpha value is -5.07. The minimum atomic E-state index is -2.07. The van der Waals surface area contributed by atoms with E-state index in [0.29, 0.717) is 10.9 Å². The zero-order chi connectivity index (χ0) is 47.4. The van der Waals surface area contributed by atoms with E-state index in [2.05, 4.69) is 26.6 Å². The van der Waals surface area contributed by atoms with Crippen molar-refractivity contribution in [3.05, 3.63) is 82.7 Å². The van der Waals surface area contributed by atoms with E-state index in [4.69, 9.17) is 18.9 Å². The molecule has 0 aliphatic carbocycles. The second-order valence-corrected chi connectivity index (χ2v) is 18.1. The van der Waals surface area contributed by atoms with Gasteiger partial charge in [0.25, 0.3) is 17.6 Å². The Morgan fingerprint density at radius 1 is 0.938 bits per heavy atom. The molecule has 64 heavy (non-hydrogen) atoms. The number of benzene rings is 3. The number of anilines is 1. The Kier molecular flexibility index (Phi) is 16.3. The van der Waals surface area contributed by atoms with Crippen molar-refractivity contribution in [2.24, 2.45) is 23.7 Å². The van der Waals surface area contributed by atoms with Gasteiger partial charge in [-0.1, -0.05) is 74.0 Å². The maximum absolute atomic E-state index is 14.5. The summed E-state index contributed by atoms with van der Waals surface area (Å²) >= 11 is 4.36. The highest BCUT2D eigenvalue weighted by molar-refractivity contribution is 9.08. The van der Waals surface area contributed by atoms with Crippen LogP contribution in [0.1, 0.15) is 80.3 Å². The zero-order valence-electron chi connectivity index (χ0n) is 37.2. The number of rotatable bonds is 8. The molecule has 0 saturated carbocycles. The summed E-state index contributed by atoms with van der Waals surface area (Å²) in [6.07, 6.45) is 3.41. The molecule has 6 rings (SSSR count). The van der Waals surface area contributed by atoms with Gasteiger partial charge in [-0.25, -0.2) is 0 Å². The summed E-state index contributed by atoms with van der Waals surface area (Å²) in [5.41, 5.74) is 1.12. The van der Waals surface area contributed by atoms with E-state index in [1.54, 1.807) is 52.0 Å². The molecule has 3 aliphatic heterocycles. The second-order valence-electron chi connectivity index (χ2n) is 16.5. The number of Topliss-reactive ketones (excluding diaryl/α,β-unsaturated/α-hetero) is 1. The lowest BCUT2D eigenvalue weighted by atomic mass is 9.78. The first-order valence-corrected chi connectivity index (χ1v) is 22.9. The third-order valence-corrected chi connectivity index (χ3v) is 13.7. The van der Waals surface area contributed by atoms with E-state index in [1.807, 2.05) is 12.1 Å². The summed E-state index contributed by atoms with van der Waals surface area (Å²) in [6.45, 7) is 12.5. The largest absolute Gasteiger partial charge is 0.507 e. The molecule has 2 amide bonds. The third kappa shape index (κ3) is 10.2. The topological polar surface area (TPSA) is 230 Å². The van der Waals surface area contributed by atoms with Gasteiger partial charge in [-0.3, -0.25) is 19.2 Å². The quantitative estimate of drug-likeness (QED) is 0.0297. The van der Waals surface area contributed by atoms with E-state index < -0.39 is 88.8 Å². The summed E-state index contributed by atoms with van der Waals surface area (Å²) in [4.78, 5) is 53.5. The number of ketones is 1. The van der Waals surface area contributed by atoms with Gasteiger partial charge >= 0.3 is 11.8 Å². The van der Waals surface area contributed by atoms with Crippen molar-refractivity contribution >= 4 is 67.7 Å². The lowest BCUT2D eigenvalue weighted by molar-refractivity contribution is -0.160. The standard InChI is InChI=1S/C47H57BrN2O13S/c1-22-11-10-12-23(2)45(58)50-35-39(55)33-32(40(56)43(35)64-20-18-49-46(59)30-15-13-29(21-48)14-16-30)34-42(27(6)38(33)54)63-47(8,44(34)57)61-19-17-31(60-9)24(3)41(62-28(7)51)26(5)37(53)25(4)36(22)52/h10-17,19,22,24-26,31,36-37,41,52-56H,18,20-21H2,1-9H3,(H,49,59)(H,50,58)/b11-10-,19-17?,23-12-/t22-,24+,25+,26+,31-,36-,37+,41+,47-/m0/s1. The molecular weight excluding hydrogens is 912 g/mol. The number of phenols is 3. The van der Waals surface area contributed by atoms with Crippen LogP contribution < -0.4 is 15.4 Å². The van der Waals surface area contributed by atoms with Crippen LogP contribution in [0.5, 0.6) is 23.0 Å². The number of phenolic OH excluding ortho intramolecular Hbond substituents is 3. The highest BCUT2D eigenvalue weighted by Crippen LogP contribution is 2.57. The first-order chi connectivity index (χ1) is 30.2. The number of amides is 2. The number of halogens is 1. The van der Waals surface area contributed by atoms with Gasteiger partial charge in [0.15, 0.2) is 5.75 Å². The van der Waals surface area contributed by atoms with E-state index in [0.717, 1.165) is 17.3 Å². The molecule has 9 atom stereocenters. The van der Waals surface area contributed by atoms with E-state index in [-0.39, 0.29) is 62.0 Å². The van der Waals surface area contributed by atoms with E-state index in [1.165, 1.54) is 53.2 Å². The van der Waals surface area contributed by atoms with Crippen molar-refractivity contribution in [1.29, 1.82) is 0 Å². The number of fused-ring (bicyclic) bond motifs is 14. The summed E-state index contributed by atoms with van der Waals surface area (Å²) in [7, 11) is 1.43. The number of nitrogens with one attached hydrogen (secondary N) is 2. The third-order valence-electron chi connectivity index (χ3n) is 12.0. The van der Waals surface area contributed by atoms with Crippen molar-refractivity contribution in [2.75, 3.05) is 24.7 Å². The molecule has 15 nitrogen and oxygen atoms in total. The van der Waals surface area contributed by atoms with Gasteiger partial charge in [-0.05, 0) is 37.6 Å². The number of esters is 1. The molecule has 0 saturated heterocycles. The van der Waals surface area contributed by atoms with Crippen LogP contribution in [-0.2, 0) is 29.1 Å². The number of hydrogen-bond donors (Lipinski definition) is 7. The molecule has 0 radical (unpaired) electrons. The molecule has 7 N–H and O–H groups in total. The number of aliphatic hydroxyl groups is 2. The normalized spacial score (nSPS) is 27.9. The van der Waals surface area contributed by atoms with Crippen LogP contribution in [0.15, 0.2) is 65.3 Å². The molecule has 0 fully saturated rings. The zero-order valence-corrected chi connectivity index (χ0v) is 39.6. The molecule has 346 valence electrons. The molecule has 3 aromatic carbocycles. The van der Waals surface area contributed by atoms with Crippen LogP contribution in [0.4, 0.5) is 5.69 Å². The van der Waals surface area contributed by atoms with Crippen molar-refractivity contribution < 1.29 is 63.7 Å². The Morgan fingerprint density at radius 2 is 1.61 bits per heavy atom.